The predicted octanol–water partition coefficient (Wildman–Crippen LogP) is 4.40. The molecule has 0 radical (unpaired) electrons. The van der Waals surface area contributed by atoms with Gasteiger partial charge in [0.25, 0.3) is 5.91 Å². The first-order chi connectivity index (χ1) is 14.7. The summed E-state index contributed by atoms with van der Waals surface area (Å²) in [6.07, 6.45) is 0.459. The number of hydrogen-bond donors (Lipinski definition) is 1. The van der Waals surface area contributed by atoms with Crippen molar-refractivity contribution in [2.75, 3.05) is 13.2 Å². The number of nitrogens with one attached hydrogen (secondary N) is 1. The zero-order chi connectivity index (χ0) is 23.0. The van der Waals surface area contributed by atoms with Gasteiger partial charge in [-0.25, -0.2) is 4.39 Å². The Bertz CT molecular complexity index is 861. The van der Waals surface area contributed by atoms with Crippen molar-refractivity contribution in [1.29, 1.82) is 0 Å². The number of ether oxygens (including phenoxy) is 1. The highest BCUT2D eigenvalue weighted by Gasteiger charge is 2.29. The molecule has 0 aliphatic heterocycles. The summed E-state index contributed by atoms with van der Waals surface area (Å²) in [4.78, 5) is 27.5. The zero-order valence-electron chi connectivity index (χ0n) is 19.1. The van der Waals surface area contributed by atoms with Crippen molar-refractivity contribution in [2.45, 2.75) is 53.6 Å². The summed E-state index contributed by atoms with van der Waals surface area (Å²) < 4.78 is 19.1. The van der Waals surface area contributed by atoms with Gasteiger partial charge in [0, 0.05) is 13.1 Å². The molecule has 0 aliphatic rings. The van der Waals surface area contributed by atoms with E-state index in [1.165, 1.54) is 17.0 Å². The first-order valence-corrected chi connectivity index (χ1v) is 10.7. The van der Waals surface area contributed by atoms with E-state index in [2.05, 4.69) is 5.32 Å². The lowest BCUT2D eigenvalue weighted by molar-refractivity contribution is -0.143. The van der Waals surface area contributed by atoms with Crippen LogP contribution in [-0.2, 0) is 16.1 Å². The molecule has 0 aliphatic carbocycles. The number of carbonyl (C=O) groups is 2. The second-order valence-corrected chi connectivity index (χ2v) is 8.32. The maximum atomic E-state index is 13.3. The number of nitrogens with zero attached hydrogens (tertiary/aromatic N) is 1. The van der Waals surface area contributed by atoms with E-state index < -0.39 is 6.04 Å². The fraction of sp³-hybridized carbons (Fsp3) is 0.440. The van der Waals surface area contributed by atoms with Gasteiger partial charge in [-0.3, -0.25) is 9.59 Å². The number of rotatable bonds is 10. The van der Waals surface area contributed by atoms with Crippen LogP contribution in [0.1, 0.15) is 43.9 Å². The molecule has 0 heterocycles. The summed E-state index contributed by atoms with van der Waals surface area (Å²) in [6, 6.07) is 11.1. The van der Waals surface area contributed by atoms with Crippen LogP contribution in [0.4, 0.5) is 4.39 Å². The van der Waals surface area contributed by atoms with Crippen molar-refractivity contribution in [2.24, 2.45) is 5.92 Å². The van der Waals surface area contributed by atoms with E-state index in [0.717, 1.165) is 16.7 Å². The molecule has 168 valence electrons. The van der Waals surface area contributed by atoms with Crippen LogP contribution in [0.2, 0.25) is 0 Å². The number of halogens is 1. The average molecular weight is 429 g/mol. The van der Waals surface area contributed by atoms with Gasteiger partial charge in [0.1, 0.15) is 17.6 Å². The van der Waals surface area contributed by atoms with Gasteiger partial charge >= 0.3 is 0 Å². The summed E-state index contributed by atoms with van der Waals surface area (Å²) >= 11 is 0. The Hall–Kier alpha value is -2.89. The molecule has 1 unspecified atom stereocenters. The number of carbonyl (C=O) groups excluding carboxylic acids is 2. The molecule has 2 amide bonds. The molecule has 0 bridgehead atoms. The van der Waals surface area contributed by atoms with Crippen LogP contribution in [0.5, 0.6) is 5.75 Å². The summed E-state index contributed by atoms with van der Waals surface area (Å²) in [5, 5.41) is 2.92. The van der Waals surface area contributed by atoms with Crippen molar-refractivity contribution < 1.29 is 18.7 Å². The van der Waals surface area contributed by atoms with E-state index in [9.17, 15) is 14.0 Å². The average Bonchev–Trinajstić information content (AvgIpc) is 2.71. The summed E-state index contributed by atoms with van der Waals surface area (Å²) in [5.41, 5.74) is 2.84. The van der Waals surface area contributed by atoms with Gasteiger partial charge in [-0.15, -0.1) is 0 Å². The Morgan fingerprint density at radius 2 is 1.68 bits per heavy atom. The van der Waals surface area contributed by atoms with Gasteiger partial charge in [-0.1, -0.05) is 39.0 Å². The third kappa shape index (κ3) is 7.70. The van der Waals surface area contributed by atoms with Crippen LogP contribution in [0, 0.1) is 25.6 Å². The largest absolute Gasteiger partial charge is 0.484 e. The molecule has 2 aromatic carbocycles. The minimum Gasteiger partial charge on any atom is -0.484 e. The molecule has 1 N–H and O–H groups in total. The van der Waals surface area contributed by atoms with Crippen molar-refractivity contribution in [3.8, 4) is 5.75 Å². The molecule has 5 nitrogen and oxygen atoms in total. The molecule has 6 heteroatoms. The van der Waals surface area contributed by atoms with Gasteiger partial charge in [0.15, 0.2) is 6.61 Å². The number of benzene rings is 2. The number of aryl methyl sites for hydroxylation is 2. The molecule has 0 fully saturated rings. The maximum absolute atomic E-state index is 13.3. The quantitative estimate of drug-likeness (QED) is 0.610. The van der Waals surface area contributed by atoms with Crippen molar-refractivity contribution >= 4 is 11.8 Å². The second kappa shape index (κ2) is 11.5. The van der Waals surface area contributed by atoms with E-state index in [4.69, 9.17) is 4.74 Å². The summed E-state index contributed by atoms with van der Waals surface area (Å²) in [5.74, 6) is 0.0788. The molecule has 0 saturated heterocycles. The molecule has 2 aromatic rings. The normalized spacial score (nSPS) is 11.8. The lowest BCUT2D eigenvalue weighted by atomic mass is 10.1. The molecular weight excluding hydrogens is 395 g/mol. The monoisotopic (exact) mass is 428 g/mol. The SMILES string of the molecule is CCC(C(=O)NCC(C)C)N(Cc1ccc(F)cc1)C(=O)COc1cc(C)cc(C)c1. The lowest BCUT2D eigenvalue weighted by Gasteiger charge is -2.30. The van der Waals surface area contributed by atoms with E-state index in [1.807, 2.05) is 52.8 Å². The standard InChI is InChI=1S/C25H33FN2O3/c1-6-23(25(30)27-14-17(2)3)28(15-20-7-9-21(26)10-8-20)24(29)16-31-22-12-18(4)11-19(5)13-22/h7-13,17,23H,6,14-16H2,1-5H3,(H,27,30). The van der Waals surface area contributed by atoms with E-state index >= 15 is 0 Å². The Labute approximate surface area is 184 Å². The van der Waals surface area contributed by atoms with Gasteiger partial charge in [-0.2, -0.15) is 0 Å². The molecule has 2 rings (SSSR count). The van der Waals surface area contributed by atoms with Crippen LogP contribution in [0.25, 0.3) is 0 Å². The first kappa shape index (κ1) is 24.4. The number of hydrogen-bond acceptors (Lipinski definition) is 3. The predicted molar refractivity (Wildman–Crippen MR) is 120 cm³/mol. The Morgan fingerprint density at radius 1 is 1.06 bits per heavy atom. The molecule has 0 spiro atoms. The Morgan fingerprint density at radius 3 is 2.23 bits per heavy atom. The smallest absolute Gasteiger partial charge is 0.261 e. The maximum Gasteiger partial charge on any atom is 0.261 e. The van der Waals surface area contributed by atoms with Crippen LogP contribution >= 0.6 is 0 Å². The Kier molecular flexibility index (Phi) is 9.03. The van der Waals surface area contributed by atoms with Gasteiger partial charge in [-0.05, 0) is 67.1 Å². The highest BCUT2D eigenvalue weighted by atomic mass is 19.1. The van der Waals surface area contributed by atoms with Gasteiger partial charge in [0.2, 0.25) is 5.91 Å². The first-order valence-electron chi connectivity index (χ1n) is 10.7. The lowest BCUT2D eigenvalue weighted by Crippen LogP contribution is -2.50. The summed E-state index contributed by atoms with van der Waals surface area (Å²) in [7, 11) is 0. The third-order valence-electron chi connectivity index (χ3n) is 4.89. The van der Waals surface area contributed by atoms with Gasteiger partial charge in [0.05, 0.1) is 0 Å². The van der Waals surface area contributed by atoms with Crippen molar-refractivity contribution in [1.82, 2.24) is 10.2 Å². The highest BCUT2D eigenvalue weighted by molar-refractivity contribution is 5.88. The van der Waals surface area contributed by atoms with E-state index in [-0.39, 0.29) is 30.8 Å². The molecule has 0 aromatic heterocycles. The molecular formula is C25H33FN2O3. The summed E-state index contributed by atoms with van der Waals surface area (Å²) in [6.45, 7) is 10.4. The topological polar surface area (TPSA) is 58.6 Å². The zero-order valence-corrected chi connectivity index (χ0v) is 19.1. The highest BCUT2D eigenvalue weighted by Crippen LogP contribution is 2.18. The van der Waals surface area contributed by atoms with Crippen molar-refractivity contribution in [3.63, 3.8) is 0 Å². The Balaban J connectivity index is 2.20. The van der Waals surface area contributed by atoms with Crippen LogP contribution < -0.4 is 10.1 Å². The minimum absolute atomic E-state index is 0.182. The van der Waals surface area contributed by atoms with Crippen LogP contribution in [0.15, 0.2) is 42.5 Å². The molecule has 1 atom stereocenters. The third-order valence-corrected chi connectivity index (χ3v) is 4.89. The van der Waals surface area contributed by atoms with Crippen LogP contribution in [-0.4, -0.2) is 35.9 Å². The van der Waals surface area contributed by atoms with Crippen LogP contribution in [0.3, 0.4) is 0 Å². The molecule has 0 saturated carbocycles. The minimum atomic E-state index is -0.640. The fourth-order valence-electron chi connectivity index (χ4n) is 3.37. The van der Waals surface area contributed by atoms with Gasteiger partial charge < -0.3 is 15.0 Å². The van der Waals surface area contributed by atoms with E-state index in [0.29, 0.717) is 24.6 Å². The molecule has 31 heavy (non-hydrogen) atoms. The fourth-order valence-corrected chi connectivity index (χ4v) is 3.37. The van der Waals surface area contributed by atoms with E-state index in [1.54, 1.807) is 12.1 Å². The second-order valence-electron chi connectivity index (χ2n) is 8.32. The number of amides is 2. The van der Waals surface area contributed by atoms with Crippen molar-refractivity contribution in [3.05, 3.63) is 65.0 Å².